The number of hydrogen-bond donors (Lipinski definition) is 1. The zero-order chi connectivity index (χ0) is 8.86. The van der Waals surface area contributed by atoms with Gasteiger partial charge in [0.05, 0.1) is 0 Å². The fourth-order valence-electron chi connectivity index (χ4n) is 0.834. The SMILES string of the molecule is CC1(C)NC(=O)[N+](Cl)(Br)C1=O. The van der Waals surface area contributed by atoms with Gasteiger partial charge in [0.25, 0.3) is 16.1 Å². The third kappa shape index (κ3) is 1.17. The van der Waals surface area contributed by atoms with E-state index >= 15 is 0 Å². The summed E-state index contributed by atoms with van der Waals surface area (Å²) < 4.78 is -0.917. The van der Waals surface area contributed by atoms with Crippen LogP contribution in [0, 0.1) is 0 Å². The topological polar surface area (TPSA) is 46.2 Å². The number of quaternary nitrogens is 1. The first-order valence-electron chi connectivity index (χ1n) is 2.94. The second-order valence-corrected chi connectivity index (χ2v) is 4.85. The van der Waals surface area contributed by atoms with Crippen LogP contribution in [0.25, 0.3) is 0 Å². The maximum Gasteiger partial charge on any atom is 0.453 e. The molecule has 0 aromatic heterocycles. The van der Waals surface area contributed by atoms with Crippen LogP contribution >= 0.6 is 27.9 Å². The van der Waals surface area contributed by atoms with E-state index < -0.39 is 20.5 Å². The summed E-state index contributed by atoms with van der Waals surface area (Å²) in [5, 5.41) is 2.44. The van der Waals surface area contributed by atoms with E-state index in [9.17, 15) is 9.59 Å². The average Bonchev–Trinajstić information content (AvgIpc) is 1.94. The molecule has 0 radical (unpaired) electrons. The molecule has 0 bridgehead atoms. The zero-order valence-corrected chi connectivity index (χ0v) is 8.36. The third-order valence-corrected chi connectivity index (χ3v) is 2.42. The number of carbonyl (C=O) groups is 2. The molecule has 1 unspecified atom stereocenters. The fraction of sp³-hybridized carbons (Fsp3) is 0.600. The molecule has 1 saturated heterocycles. The Morgan fingerprint density at radius 1 is 1.55 bits per heavy atom. The molecular weight excluding hydrogens is 235 g/mol. The number of nitrogens with zero attached hydrogens (tertiary/aromatic N) is 1. The number of urea groups is 1. The summed E-state index contributed by atoms with van der Waals surface area (Å²) >= 11 is 8.34. The molecule has 0 spiro atoms. The van der Waals surface area contributed by atoms with Crippen LogP contribution in [-0.4, -0.2) is 20.5 Å². The number of halogens is 2. The predicted octanol–water partition coefficient (Wildman–Crippen LogP) is 1.30. The molecule has 0 aliphatic carbocycles. The van der Waals surface area contributed by atoms with Crippen LogP contribution in [0.15, 0.2) is 0 Å². The first-order valence-corrected chi connectivity index (χ1v) is 3.99. The molecule has 6 heteroatoms. The first-order chi connectivity index (χ1) is 4.78. The Balaban J connectivity index is 3.09. The van der Waals surface area contributed by atoms with Crippen LogP contribution in [0.3, 0.4) is 0 Å². The van der Waals surface area contributed by atoms with Crippen molar-refractivity contribution in [3.8, 4) is 0 Å². The molecule has 1 heterocycles. The van der Waals surface area contributed by atoms with Gasteiger partial charge >= 0.3 is 11.9 Å². The molecular formula is C5H7BrClN2O2+. The van der Waals surface area contributed by atoms with E-state index in [0.717, 1.165) is 0 Å². The Morgan fingerprint density at radius 3 is 2.09 bits per heavy atom. The third-order valence-electron chi connectivity index (χ3n) is 1.46. The van der Waals surface area contributed by atoms with Crippen molar-refractivity contribution < 1.29 is 12.6 Å². The van der Waals surface area contributed by atoms with Crippen LogP contribution in [-0.2, 0) is 4.79 Å². The minimum atomic E-state index is -0.917. The average molecular weight is 242 g/mol. The van der Waals surface area contributed by atoms with E-state index in [4.69, 9.17) is 11.8 Å². The lowest BCUT2D eigenvalue weighted by Gasteiger charge is -2.09. The summed E-state index contributed by atoms with van der Waals surface area (Å²) in [6.45, 7) is 3.19. The summed E-state index contributed by atoms with van der Waals surface area (Å²) in [6, 6.07) is -0.554. The highest BCUT2D eigenvalue weighted by atomic mass is 79.9. The molecule has 1 aliphatic rings. The Labute approximate surface area is 77.5 Å². The van der Waals surface area contributed by atoms with Crippen molar-refractivity contribution in [2.24, 2.45) is 0 Å². The monoisotopic (exact) mass is 241 g/mol. The fourth-order valence-corrected chi connectivity index (χ4v) is 1.62. The van der Waals surface area contributed by atoms with Gasteiger partial charge < -0.3 is 0 Å². The molecule has 0 aromatic carbocycles. The largest absolute Gasteiger partial charge is 0.453 e. The lowest BCUT2D eigenvalue weighted by Crippen LogP contribution is -2.40. The van der Waals surface area contributed by atoms with E-state index in [2.05, 4.69) is 21.5 Å². The summed E-state index contributed by atoms with van der Waals surface area (Å²) in [5.74, 6) is -0.413. The number of carbonyl (C=O) groups excluding carboxylic acids is 2. The van der Waals surface area contributed by atoms with Gasteiger partial charge in [0.1, 0.15) is 0 Å². The van der Waals surface area contributed by atoms with Gasteiger partial charge in [-0.3, -0.25) is 5.32 Å². The lowest BCUT2D eigenvalue weighted by molar-refractivity contribution is -0.464. The van der Waals surface area contributed by atoms with E-state index in [1.165, 1.54) is 0 Å². The van der Waals surface area contributed by atoms with Crippen molar-refractivity contribution in [2.45, 2.75) is 19.4 Å². The molecule has 0 aromatic rings. The minimum Gasteiger partial charge on any atom is -0.285 e. The van der Waals surface area contributed by atoms with E-state index in [-0.39, 0.29) is 0 Å². The van der Waals surface area contributed by atoms with Crippen molar-refractivity contribution in [3.05, 3.63) is 0 Å². The smallest absolute Gasteiger partial charge is 0.285 e. The molecule has 11 heavy (non-hydrogen) atoms. The van der Waals surface area contributed by atoms with Crippen LogP contribution in [0.4, 0.5) is 4.79 Å². The van der Waals surface area contributed by atoms with Crippen molar-refractivity contribution in [1.29, 1.82) is 0 Å². The van der Waals surface area contributed by atoms with Crippen LogP contribution in [0.5, 0.6) is 0 Å². The molecule has 1 fully saturated rings. The van der Waals surface area contributed by atoms with E-state index in [1.807, 2.05) is 0 Å². The molecule has 3 amide bonds. The first kappa shape index (κ1) is 8.96. The van der Waals surface area contributed by atoms with Crippen molar-refractivity contribution in [3.63, 3.8) is 0 Å². The molecule has 0 saturated carbocycles. The Bertz CT molecular complexity index is 239. The summed E-state index contributed by atoms with van der Waals surface area (Å²) in [6.07, 6.45) is 0. The molecule has 62 valence electrons. The summed E-state index contributed by atoms with van der Waals surface area (Å²) in [4.78, 5) is 22.3. The molecule has 1 atom stereocenters. The maximum absolute atomic E-state index is 11.3. The van der Waals surface area contributed by atoms with Gasteiger partial charge in [0.2, 0.25) is 0 Å². The minimum absolute atomic E-state index is 0.413. The van der Waals surface area contributed by atoms with Crippen molar-refractivity contribution in [1.82, 2.24) is 5.32 Å². The summed E-state index contributed by atoms with van der Waals surface area (Å²) in [7, 11) is 0. The van der Waals surface area contributed by atoms with Crippen LogP contribution < -0.4 is 5.32 Å². The molecule has 4 nitrogen and oxygen atoms in total. The predicted molar refractivity (Wildman–Crippen MR) is 42.7 cm³/mol. The summed E-state index contributed by atoms with van der Waals surface area (Å²) in [5.41, 5.74) is -0.887. The number of imide groups is 1. The van der Waals surface area contributed by atoms with Crippen LogP contribution in [0.1, 0.15) is 13.8 Å². The maximum atomic E-state index is 11.3. The van der Waals surface area contributed by atoms with Gasteiger partial charge in [-0.2, -0.15) is 0 Å². The van der Waals surface area contributed by atoms with Crippen LogP contribution in [0.2, 0.25) is 0 Å². The number of nitrogens with one attached hydrogen (secondary N) is 1. The standard InChI is InChI=1S/C5H6BrClN2O2/c1-5(2)3(10)9(6,7)4(11)8-5/h1-2H3/p+1. The van der Waals surface area contributed by atoms with E-state index in [0.29, 0.717) is 0 Å². The highest BCUT2D eigenvalue weighted by Crippen LogP contribution is 2.32. The highest BCUT2D eigenvalue weighted by Gasteiger charge is 2.60. The van der Waals surface area contributed by atoms with Crippen molar-refractivity contribution >= 4 is 39.9 Å². The Morgan fingerprint density at radius 2 is 2.00 bits per heavy atom. The van der Waals surface area contributed by atoms with Gasteiger partial charge in [-0.15, -0.1) is 0 Å². The van der Waals surface area contributed by atoms with Gasteiger partial charge in [0.15, 0.2) is 17.3 Å². The normalized spacial score (nSPS) is 35.6. The number of rotatable bonds is 0. The second kappa shape index (κ2) is 2.18. The second-order valence-electron chi connectivity index (χ2n) is 2.87. The zero-order valence-electron chi connectivity index (χ0n) is 6.02. The highest BCUT2D eigenvalue weighted by molar-refractivity contribution is 9.05. The Kier molecular flexibility index (Phi) is 1.78. The molecule has 1 aliphatic heterocycles. The Hall–Kier alpha value is -0.130. The number of amides is 3. The van der Waals surface area contributed by atoms with E-state index in [1.54, 1.807) is 13.8 Å². The van der Waals surface area contributed by atoms with Gasteiger partial charge in [0, 0.05) is 0 Å². The van der Waals surface area contributed by atoms with Gasteiger partial charge in [-0.05, 0) is 16.9 Å². The quantitative estimate of drug-likeness (QED) is 0.514. The van der Waals surface area contributed by atoms with Crippen molar-refractivity contribution in [2.75, 3.05) is 0 Å². The molecule has 1 rings (SSSR count). The number of hydrogen-bond acceptors (Lipinski definition) is 2. The van der Waals surface area contributed by atoms with Gasteiger partial charge in [-0.25, -0.2) is 9.59 Å². The van der Waals surface area contributed by atoms with Gasteiger partial charge in [-0.1, -0.05) is 0 Å². The lowest BCUT2D eigenvalue weighted by atomic mass is 10.1. The molecule has 1 N–H and O–H groups in total.